The lowest BCUT2D eigenvalue weighted by molar-refractivity contribution is -0.124. The van der Waals surface area contributed by atoms with E-state index in [4.69, 9.17) is 16.3 Å². The van der Waals surface area contributed by atoms with Gasteiger partial charge in [0, 0.05) is 9.90 Å². The molecule has 1 aliphatic rings. The fourth-order valence-electron chi connectivity index (χ4n) is 3.39. The predicted molar refractivity (Wildman–Crippen MR) is 108 cm³/mol. The number of fused-ring (bicyclic) bond motifs is 1. The molecule has 144 valence electrons. The molecule has 0 unspecified atom stereocenters. The Balaban J connectivity index is 1.52. The number of thiophene rings is 1. The number of hydrogen-bond acceptors (Lipinski definition) is 4. The molecule has 1 N–H and O–H groups in total. The summed E-state index contributed by atoms with van der Waals surface area (Å²) in [6.07, 6.45) is 4.42. The third-order valence-electron chi connectivity index (χ3n) is 5.02. The van der Waals surface area contributed by atoms with E-state index in [-0.39, 0.29) is 18.6 Å². The average molecular weight is 406 g/mol. The van der Waals surface area contributed by atoms with Crippen LogP contribution >= 0.6 is 22.9 Å². The Kier molecular flexibility index (Phi) is 6.55. The van der Waals surface area contributed by atoms with Gasteiger partial charge in [0.15, 0.2) is 6.61 Å². The minimum atomic E-state index is -0.423. The number of hydrogen-bond donors (Lipinski definition) is 1. The van der Waals surface area contributed by atoms with E-state index in [9.17, 15) is 9.59 Å². The van der Waals surface area contributed by atoms with Gasteiger partial charge in [-0.3, -0.25) is 4.79 Å². The molecule has 0 saturated carbocycles. The summed E-state index contributed by atoms with van der Waals surface area (Å²) in [5.41, 5.74) is 2.17. The molecule has 2 aromatic rings. The maximum absolute atomic E-state index is 12.3. The summed E-state index contributed by atoms with van der Waals surface area (Å²) in [7, 11) is 0. The summed E-state index contributed by atoms with van der Waals surface area (Å²) >= 11 is 7.48. The fourth-order valence-corrected chi connectivity index (χ4v) is 4.69. The molecule has 4 nitrogen and oxygen atoms in total. The minimum Gasteiger partial charge on any atom is -0.451 e. The van der Waals surface area contributed by atoms with Crippen LogP contribution in [0.1, 0.15) is 58.4 Å². The smallest absolute Gasteiger partial charge is 0.348 e. The topological polar surface area (TPSA) is 55.4 Å². The van der Waals surface area contributed by atoms with Crippen LogP contribution in [-0.4, -0.2) is 18.5 Å². The maximum Gasteiger partial charge on any atom is 0.348 e. The fraction of sp³-hybridized carbons (Fsp3) is 0.429. The van der Waals surface area contributed by atoms with Crippen molar-refractivity contribution < 1.29 is 14.3 Å². The van der Waals surface area contributed by atoms with Crippen LogP contribution in [0.15, 0.2) is 30.3 Å². The molecule has 0 bridgehead atoms. The predicted octanol–water partition coefficient (Wildman–Crippen LogP) is 4.95. The Labute approximate surface area is 168 Å². The molecular formula is C21H24ClNO3S. The van der Waals surface area contributed by atoms with Gasteiger partial charge in [-0.05, 0) is 61.4 Å². The van der Waals surface area contributed by atoms with Crippen molar-refractivity contribution in [2.45, 2.75) is 45.6 Å². The number of aryl methyl sites for hydroxylation is 1. The van der Waals surface area contributed by atoms with Gasteiger partial charge >= 0.3 is 5.97 Å². The van der Waals surface area contributed by atoms with Crippen molar-refractivity contribution >= 4 is 34.8 Å². The summed E-state index contributed by atoms with van der Waals surface area (Å²) in [5.74, 6) is -0.0501. The highest BCUT2D eigenvalue weighted by Crippen LogP contribution is 2.33. The van der Waals surface area contributed by atoms with Crippen molar-refractivity contribution in [2.24, 2.45) is 5.92 Å². The Morgan fingerprint density at radius 2 is 2.19 bits per heavy atom. The number of rotatable bonds is 6. The first-order valence-corrected chi connectivity index (χ1v) is 10.5. The second-order valence-electron chi connectivity index (χ2n) is 7.00. The number of carbonyl (C=O) groups excluding carboxylic acids is 2. The molecule has 1 aliphatic carbocycles. The molecule has 2 atom stereocenters. The Morgan fingerprint density at radius 1 is 1.37 bits per heavy atom. The third-order valence-corrected chi connectivity index (χ3v) is 6.48. The maximum atomic E-state index is 12.3. The van der Waals surface area contributed by atoms with Crippen LogP contribution in [0.4, 0.5) is 0 Å². The Hall–Kier alpha value is -1.85. The highest BCUT2D eigenvalue weighted by molar-refractivity contribution is 7.14. The summed E-state index contributed by atoms with van der Waals surface area (Å²) in [6.45, 7) is 3.78. The van der Waals surface area contributed by atoms with Crippen LogP contribution in [0.5, 0.6) is 0 Å². The van der Waals surface area contributed by atoms with Crippen molar-refractivity contribution in [1.82, 2.24) is 5.32 Å². The second-order valence-corrected chi connectivity index (χ2v) is 8.57. The van der Waals surface area contributed by atoms with E-state index in [1.54, 1.807) is 12.1 Å². The molecule has 27 heavy (non-hydrogen) atoms. The number of nitrogens with one attached hydrogen (secondary N) is 1. The largest absolute Gasteiger partial charge is 0.451 e. The quantitative estimate of drug-likeness (QED) is 0.691. The first-order valence-electron chi connectivity index (χ1n) is 9.29. The number of amides is 1. The van der Waals surface area contributed by atoms with Gasteiger partial charge in [-0.25, -0.2) is 4.79 Å². The molecule has 0 spiro atoms. The van der Waals surface area contributed by atoms with E-state index in [2.05, 4.69) is 12.2 Å². The van der Waals surface area contributed by atoms with E-state index in [0.29, 0.717) is 15.8 Å². The van der Waals surface area contributed by atoms with Gasteiger partial charge in [0.1, 0.15) is 4.88 Å². The molecule has 1 aromatic heterocycles. The lowest BCUT2D eigenvalue weighted by Gasteiger charge is -2.19. The third kappa shape index (κ3) is 5.11. The number of carbonyl (C=O) groups is 2. The molecule has 0 aliphatic heterocycles. The Morgan fingerprint density at radius 3 is 2.93 bits per heavy atom. The molecule has 0 fully saturated rings. The van der Waals surface area contributed by atoms with Gasteiger partial charge in [0.25, 0.3) is 5.91 Å². The van der Waals surface area contributed by atoms with Gasteiger partial charge in [-0.15, -0.1) is 11.3 Å². The summed E-state index contributed by atoms with van der Waals surface area (Å²) in [6, 6.07) is 9.04. The lowest BCUT2D eigenvalue weighted by Crippen LogP contribution is -2.31. The number of benzene rings is 1. The van der Waals surface area contributed by atoms with Crippen LogP contribution in [-0.2, 0) is 22.4 Å². The van der Waals surface area contributed by atoms with E-state index < -0.39 is 5.97 Å². The van der Waals surface area contributed by atoms with Gasteiger partial charge in [0.05, 0.1) is 6.04 Å². The SMILES string of the molecule is CC[C@@H]1CCc2sc(C(=O)OCC(=O)N[C@H](C)c3cccc(Cl)c3)cc2C1. The summed E-state index contributed by atoms with van der Waals surface area (Å²) in [5, 5.41) is 3.44. The van der Waals surface area contributed by atoms with Crippen molar-refractivity contribution in [2.75, 3.05) is 6.61 Å². The zero-order valence-electron chi connectivity index (χ0n) is 15.6. The Bertz CT molecular complexity index is 833. The molecule has 1 aromatic carbocycles. The van der Waals surface area contributed by atoms with E-state index in [1.165, 1.54) is 34.6 Å². The molecule has 6 heteroatoms. The van der Waals surface area contributed by atoms with Crippen molar-refractivity contribution in [3.05, 3.63) is 56.2 Å². The van der Waals surface area contributed by atoms with Crippen LogP contribution in [0, 0.1) is 5.92 Å². The average Bonchev–Trinajstić information content (AvgIpc) is 3.09. The van der Waals surface area contributed by atoms with E-state index in [1.807, 2.05) is 25.1 Å². The molecule has 3 rings (SSSR count). The summed E-state index contributed by atoms with van der Waals surface area (Å²) in [4.78, 5) is 26.3. The van der Waals surface area contributed by atoms with Gasteiger partial charge in [-0.1, -0.05) is 37.1 Å². The molecule has 0 radical (unpaired) electrons. The highest BCUT2D eigenvalue weighted by atomic mass is 35.5. The zero-order valence-corrected chi connectivity index (χ0v) is 17.2. The molecular weight excluding hydrogens is 382 g/mol. The van der Waals surface area contributed by atoms with Crippen molar-refractivity contribution in [3.8, 4) is 0 Å². The highest BCUT2D eigenvalue weighted by Gasteiger charge is 2.23. The number of halogens is 1. The first-order chi connectivity index (χ1) is 13.0. The van der Waals surface area contributed by atoms with Gasteiger partial charge < -0.3 is 10.1 Å². The van der Waals surface area contributed by atoms with E-state index in [0.717, 1.165) is 18.4 Å². The van der Waals surface area contributed by atoms with E-state index >= 15 is 0 Å². The van der Waals surface area contributed by atoms with Crippen LogP contribution in [0.2, 0.25) is 5.02 Å². The van der Waals surface area contributed by atoms with Gasteiger partial charge in [0.2, 0.25) is 0 Å². The standard InChI is InChI=1S/C21H24ClNO3S/c1-3-14-7-8-18-16(9-14)11-19(27-18)21(25)26-12-20(24)23-13(2)15-5-4-6-17(22)10-15/h4-6,10-11,13-14H,3,7-9,12H2,1-2H3,(H,23,24)/t13-,14-/m1/s1. The first kappa shape index (κ1) is 19.9. The summed E-state index contributed by atoms with van der Waals surface area (Å²) < 4.78 is 5.21. The van der Waals surface area contributed by atoms with Crippen molar-refractivity contribution in [3.63, 3.8) is 0 Å². The second kappa shape index (κ2) is 8.89. The minimum absolute atomic E-state index is 0.213. The van der Waals surface area contributed by atoms with Crippen LogP contribution in [0.25, 0.3) is 0 Å². The van der Waals surface area contributed by atoms with Crippen LogP contribution < -0.4 is 5.32 Å². The molecule has 1 amide bonds. The molecule has 0 saturated heterocycles. The zero-order chi connectivity index (χ0) is 19.4. The lowest BCUT2D eigenvalue weighted by atomic mass is 9.87. The number of esters is 1. The van der Waals surface area contributed by atoms with Crippen molar-refractivity contribution in [1.29, 1.82) is 0 Å². The van der Waals surface area contributed by atoms with Crippen LogP contribution in [0.3, 0.4) is 0 Å². The number of ether oxygens (including phenoxy) is 1. The normalized spacial score (nSPS) is 17.1. The monoisotopic (exact) mass is 405 g/mol. The molecule has 1 heterocycles. The van der Waals surface area contributed by atoms with Gasteiger partial charge in [-0.2, -0.15) is 0 Å².